The molecule has 28 heavy (non-hydrogen) atoms. The lowest BCUT2D eigenvalue weighted by Gasteiger charge is -2.17. The number of alkyl halides is 3. The summed E-state index contributed by atoms with van der Waals surface area (Å²) in [7, 11) is -3.84. The zero-order valence-electron chi connectivity index (χ0n) is 14.8. The van der Waals surface area contributed by atoms with Crippen LogP contribution in [0.4, 0.5) is 13.2 Å². The van der Waals surface area contributed by atoms with Gasteiger partial charge in [-0.25, -0.2) is 8.42 Å². The summed E-state index contributed by atoms with van der Waals surface area (Å²) in [6.45, 7) is -1.50. The number of ether oxygens (including phenoxy) is 1. The molecule has 0 aromatic heterocycles. The van der Waals surface area contributed by atoms with E-state index in [1.165, 1.54) is 0 Å². The van der Waals surface area contributed by atoms with Crippen molar-refractivity contribution in [2.75, 3.05) is 6.61 Å². The van der Waals surface area contributed by atoms with Crippen molar-refractivity contribution < 1.29 is 31.1 Å². The Balaban J connectivity index is 1.68. The first kappa shape index (κ1) is 21.2. The molecule has 0 radical (unpaired) electrons. The van der Waals surface area contributed by atoms with Crippen LogP contribution < -0.4 is 15.8 Å². The van der Waals surface area contributed by atoms with Crippen LogP contribution in [0.3, 0.4) is 0 Å². The Labute approximate surface area is 165 Å². The summed E-state index contributed by atoms with van der Waals surface area (Å²) < 4.78 is 67.0. The maximum absolute atomic E-state index is 12.9. The van der Waals surface area contributed by atoms with Gasteiger partial charge in [0, 0.05) is 12.0 Å². The van der Waals surface area contributed by atoms with Crippen molar-refractivity contribution in [2.45, 2.75) is 54.1 Å². The second kappa shape index (κ2) is 7.38. The van der Waals surface area contributed by atoms with Crippen LogP contribution in [0.25, 0.3) is 0 Å². The lowest BCUT2D eigenvalue weighted by Crippen LogP contribution is -2.46. The highest BCUT2D eigenvalue weighted by atomic mass is 35.5. The van der Waals surface area contributed by atoms with Crippen molar-refractivity contribution in [1.29, 1.82) is 0 Å². The average molecular weight is 441 g/mol. The van der Waals surface area contributed by atoms with Gasteiger partial charge in [-0.05, 0) is 44.2 Å². The lowest BCUT2D eigenvalue weighted by atomic mass is 10.1. The number of carbonyl (C=O) groups is 1. The molecule has 2 fully saturated rings. The van der Waals surface area contributed by atoms with Crippen molar-refractivity contribution >= 4 is 27.3 Å². The topological polar surface area (TPSA) is 98.5 Å². The van der Waals surface area contributed by atoms with Crippen molar-refractivity contribution in [3.8, 4) is 5.75 Å². The number of nitrogens with one attached hydrogen (secondary N) is 1. The molecule has 0 bridgehead atoms. The van der Waals surface area contributed by atoms with Gasteiger partial charge in [0.1, 0.15) is 5.75 Å². The summed E-state index contributed by atoms with van der Waals surface area (Å²) in [6, 6.07) is 3.31. The van der Waals surface area contributed by atoms with Gasteiger partial charge in [-0.1, -0.05) is 11.6 Å². The van der Waals surface area contributed by atoms with Crippen molar-refractivity contribution in [3.05, 3.63) is 23.2 Å². The molecule has 1 amide bonds. The Bertz CT molecular complexity index is 872. The van der Waals surface area contributed by atoms with E-state index in [-0.39, 0.29) is 28.0 Å². The minimum atomic E-state index is -4.51. The summed E-state index contributed by atoms with van der Waals surface area (Å²) in [5.41, 5.74) is 5.20. The van der Waals surface area contributed by atoms with Crippen LogP contribution >= 0.6 is 11.6 Å². The van der Waals surface area contributed by atoms with Crippen LogP contribution in [0.5, 0.6) is 5.75 Å². The third kappa shape index (κ3) is 4.90. The van der Waals surface area contributed by atoms with Gasteiger partial charge in [0.2, 0.25) is 5.91 Å². The standard InChI is InChI=1S/C17H20ClF3N2O4S/c18-13-8-11(27-9-17(19,20)21)2-4-14(13)28(25,26)12-3-1-10(7-12)15(24)23-16(22)5-6-16/h2,4,8,10,12H,1,3,5-7,9,22H2,(H,23,24)/t10-,12-/m0/s1. The highest BCUT2D eigenvalue weighted by Crippen LogP contribution is 2.38. The second-order valence-electron chi connectivity index (χ2n) is 7.32. The van der Waals surface area contributed by atoms with Crippen LogP contribution in [0.1, 0.15) is 32.1 Å². The summed E-state index contributed by atoms with van der Waals surface area (Å²) in [4.78, 5) is 12.1. The summed E-state index contributed by atoms with van der Waals surface area (Å²) >= 11 is 6.00. The van der Waals surface area contributed by atoms with Crippen LogP contribution in [0.15, 0.2) is 23.1 Å². The highest BCUT2D eigenvalue weighted by Gasteiger charge is 2.44. The molecule has 1 aromatic carbocycles. The van der Waals surface area contributed by atoms with E-state index in [1.54, 1.807) is 0 Å². The molecule has 3 rings (SSSR count). The normalized spacial score (nSPS) is 24.0. The Hall–Kier alpha value is -1.52. The molecule has 0 spiro atoms. The van der Waals surface area contributed by atoms with E-state index >= 15 is 0 Å². The zero-order valence-corrected chi connectivity index (χ0v) is 16.3. The van der Waals surface area contributed by atoms with Gasteiger partial charge in [-0.3, -0.25) is 4.79 Å². The predicted octanol–water partition coefficient (Wildman–Crippen LogP) is 2.79. The van der Waals surface area contributed by atoms with E-state index in [9.17, 15) is 26.4 Å². The quantitative estimate of drug-likeness (QED) is 0.663. The van der Waals surface area contributed by atoms with Gasteiger partial charge >= 0.3 is 6.18 Å². The maximum atomic E-state index is 12.9. The molecule has 1 aromatic rings. The molecule has 6 nitrogen and oxygen atoms in total. The first-order chi connectivity index (χ1) is 12.9. The van der Waals surface area contributed by atoms with E-state index < -0.39 is 39.5 Å². The van der Waals surface area contributed by atoms with Gasteiger partial charge in [-0.15, -0.1) is 0 Å². The molecule has 11 heteroatoms. The van der Waals surface area contributed by atoms with E-state index in [0.717, 1.165) is 18.2 Å². The molecule has 2 saturated carbocycles. The molecule has 2 atom stereocenters. The molecule has 156 valence electrons. The second-order valence-corrected chi connectivity index (χ2v) is 9.92. The first-order valence-electron chi connectivity index (χ1n) is 8.74. The third-order valence-electron chi connectivity index (χ3n) is 4.97. The fourth-order valence-electron chi connectivity index (χ4n) is 3.21. The van der Waals surface area contributed by atoms with Crippen LogP contribution in [0, 0.1) is 5.92 Å². The molecule has 2 aliphatic rings. The van der Waals surface area contributed by atoms with Crippen LogP contribution in [-0.2, 0) is 14.6 Å². The molecular weight excluding hydrogens is 421 g/mol. The molecule has 3 N–H and O–H groups in total. The maximum Gasteiger partial charge on any atom is 0.422 e. The SMILES string of the molecule is NC1(NC(=O)[C@H]2CC[C@H](S(=O)(=O)c3ccc(OCC(F)(F)F)cc3Cl)C2)CC1. The number of hydrogen-bond acceptors (Lipinski definition) is 5. The van der Waals surface area contributed by atoms with Crippen LogP contribution in [-0.4, -0.2) is 38.0 Å². The van der Waals surface area contributed by atoms with E-state index in [0.29, 0.717) is 25.7 Å². The average Bonchev–Trinajstić information content (AvgIpc) is 3.10. The predicted molar refractivity (Wildman–Crippen MR) is 95.6 cm³/mol. The van der Waals surface area contributed by atoms with Gasteiger partial charge < -0.3 is 15.8 Å². The first-order valence-corrected chi connectivity index (χ1v) is 10.7. The summed E-state index contributed by atoms with van der Waals surface area (Å²) in [5, 5.41) is 1.73. The minimum absolute atomic E-state index is 0.146. The number of halogens is 4. The minimum Gasteiger partial charge on any atom is -0.484 e. The van der Waals surface area contributed by atoms with E-state index in [4.69, 9.17) is 17.3 Å². The fraction of sp³-hybridized carbons (Fsp3) is 0.588. The van der Waals surface area contributed by atoms with E-state index in [2.05, 4.69) is 10.1 Å². The summed E-state index contributed by atoms with van der Waals surface area (Å²) in [5.74, 6) is -0.878. The van der Waals surface area contributed by atoms with Crippen LogP contribution in [0.2, 0.25) is 5.02 Å². The van der Waals surface area contributed by atoms with Gasteiger partial charge in [0.25, 0.3) is 0 Å². The molecule has 0 saturated heterocycles. The Morgan fingerprint density at radius 2 is 2.00 bits per heavy atom. The third-order valence-corrected chi connectivity index (χ3v) is 7.67. The van der Waals surface area contributed by atoms with E-state index in [1.807, 2.05) is 0 Å². The fourth-order valence-corrected chi connectivity index (χ4v) is 5.59. The van der Waals surface area contributed by atoms with Gasteiger partial charge in [0.15, 0.2) is 16.4 Å². The number of carbonyl (C=O) groups excluding carboxylic acids is 1. The van der Waals surface area contributed by atoms with Crippen molar-refractivity contribution in [1.82, 2.24) is 5.32 Å². The summed E-state index contributed by atoms with van der Waals surface area (Å²) in [6.07, 6.45) is -2.26. The molecule has 0 unspecified atom stereocenters. The number of amides is 1. The number of sulfone groups is 1. The smallest absolute Gasteiger partial charge is 0.422 e. The number of rotatable bonds is 6. The van der Waals surface area contributed by atoms with Gasteiger partial charge in [-0.2, -0.15) is 13.2 Å². The Kier molecular flexibility index (Phi) is 5.59. The number of nitrogens with two attached hydrogens (primary N) is 1. The molecule has 0 heterocycles. The largest absolute Gasteiger partial charge is 0.484 e. The molecule has 0 aliphatic heterocycles. The molecular formula is C17H20ClF3N2O4S. The molecule has 2 aliphatic carbocycles. The number of benzene rings is 1. The Morgan fingerprint density at radius 3 is 2.57 bits per heavy atom. The number of hydrogen-bond donors (Lipinski definition) is 2. The van der Waals surface area contributed by atoms with Crippen molar-refractivity contribution in [3.63, 3.8) is 0 Å². The van der Waals surface area contributed by atoms with Crippen molar-refractivity contribution in [2.24, 2.45) is 11.7 Å². The highest BCUT2D eigenvalue weighted by molar-refractivity contribution is 7.92. The Morgan fingerprint density at radius 1 is 1.32 bits per heavy atom. The zero-order chi connectivity index (χ0) is 20.7. The lowest BCUT2D eigenvalue weighted by molar-refractivity contribution is -0.153. The van der Waals surface area contributed by atoms with Gasteiger partial charge in [0.05, 0.1) is 20.8 Å². The monoisotopic (exact) mass is 440 g/mol.